The minimum absolute atomic E-state index is 0.217. The van der Waals surface area contributed by atoms with E-state index < -0.39 is 0 Å². The van der Waals surface area contributed by atoms with Crippen molar-refractivity contribution in [1.82, 2.24) is 9.97 Å². The standard InChI is InChI=1S/C24H18ClN3O3/c1-31-18-12-10-17(11-13-18)26-24(30)16-8-5-15(6-9-16)7-14-21(29)23-27-20-4-2-3-19(25)22(20)28-23/h2-14H,1H3,(H,26,30)(H,27,28). The Bertz CT molecular complexity index is 1280. The first-order valence-corrected chi connectivity index (χ1v) is 9.83. The average molecular weight is 432 g/mol. The highest BCUT2D eigenvalue weighted by Gasteiger charge is 2.11. The third-order valence-electron chi connectivity index (χ3n) is 4.64. The maximum Gasteiger partial charge on any atom is 0.255 e. The number of nitrogens with one attached hydrogen (secondary N) is 2. The van der Waals surface area contributed by atoms with Crippen molar-refractivity contribution in [3.05, 3.63) is 94.8 Å². The molecule has 2 N–H and O–H groups in total. The van der Waals surface area contributed by atoms with Crippen molar-refractivity contribution < 1.29 is 14.3 Å². The number of aromatic amines is 1. The number of para-hydroxylation sites is 1. The second-order valence-electron chi connectivity index (χ2n) is 6.72. The minimum atomic E-state index is -0.270. The van der Waals surface area contributed by atoms with E-state index in [4.69, 9.17) is 16.3 Å². The van der Waals surface area contributed by atoms with Gasteiger partial charge in [-0.2, -0.15) is 0 Å². The van der Waals surface area contributed by atoms with Crippen LogP contribution in [0.1, 0.15) is 26.5 Å². The average Bonchev–Trinajstić information content (AvgIpc) is 3.24. The fourth-order valence-corrected chi connectivity index (χ4v) is 3.20. The number of benzene rings is 3. The molecule has 31 heavy (non-hydrogen) atoms. The number of imidazole rings is 1. The summed E-state index contributed by atoms with van der Waals surface area (Å²) >= 11 is 6.10. The smallest absolute Gasteiger partial charge is 0.255 e. The Morgan fingerprint density at radius 1 is 1.03 bits per heavy atom. The Morgan fingerprint density at radius 3 is 2.45 bits per heavy atom. The number of anilines is 1. The van der Waals surface area contributed by atoms with Gasteiger partial charge in [-0.05, 0) is 60.2 Å². The van der Waals surface area contributed by atoms with Gasteiger partial charge in [0.1, 0.15) is 11.3 Å². The van der Waals surface area contributed by atoms with Gasteiger partial charge in [-0.15, -0.1) is 0 Å². The number of aromatic nitrogens is 2. The lowest BCUT2D eigenvalue weighted by Gasteiger charge is -2.06. The number of rotatable bonds is 6. The number of carbonyl (C=O) groups excluding carboxylic acids is 2. The normalized spacial score (nSPS) is 11.0. The fraction of sp³-hybridized carbons (Fsp3) is 0.0417. The van der Waals surface area contributed by atoms with Crippen molar-refractivity contribution >= 4 is 46.1 Å². The molecule has 4 aromatic rings. The molecule has 0 unspecified atom stereocenters. The number of allylic oxidation sites excluding steroid dienone is 1. The van der Waals surface area contributed by atoms with Crippen LogP contribution in [0.3, 0.4) is 0 Å². The molecule has 4 rings (SSSR count). The van der Waals surface area contributed by atoms with Gasteiger partial charge in [-0.3, -0.25) is 9.59 Å². The predicted octanol–water partition coefficient (Wildman–Crippen LogP) is 5.37. The third kappa shape index (κ3) is 4.65. The van der Waals surface area contributed by atoms with Crippen LogP contribution in [0.2, 0.25) is 5.02 Å². The number of hydrogen-bond acceptors (Lipinski definition) is 4. The van der Waals surface area contributed by atoms with Gasteiger partial charge in [0.2, 0.25) is 5.78 Å². The summed E-state index contributed by atoms with van der Waals surface area (Å²) in [6.45, 7) is 0. The summed E-state index contributed by atoms with van der Waals surface area (Å²) in [5.74, 6) is 0.439. The summed E-state index contributed by atoms with van der Waals surface area (Å²) < 4.78 is 5.11. The van der Waals surface area contributed by atoms with E-state index in [-0.39, 0.29) is 17.5 Å². The molecule has 0 bridgehead atoms. The van der Waals surface area contributed by atoms with Crippen LogP contribution in [0.4, 0.5) is 5.69 Å². The van der Waals surface area contributed by atoms with Crippen LogP contribution in [0.25, 0.3) is 17.1 Å². The Kier molecular flexibility index (Phi) is 5.82. The predicted molar refractivity (Wildman–Crippen MR) is 122 cm³/mol. The summed E-state index contributed by atoms with van der Waals surface area (Å²) in [7, 11) is 1.59. The molecule has 0 atom stereocenters. The Balaban J connectivity index is 1.42. The molecule has 0 aliphatic heterocycles. The van der Waals surface area contributed by atoms with Crippen molar-refractivity contribution in [1.29, 1.82) is 0 Å². The molecule has 0 fully saturated rings. The number of methoxy groups -OCH3 is 1. The third-order valence-corrected chi connectivity index (χ3v) is 4.95. The maximum absolute atomic E-state index is 12.4. The molecule has 6 nitrogen and oxygen atoms in total. The molecule has 0 saturated carbocycles. The number of ketones is 1. The zero-order valence-electron chi connectivity index (χ0n) is 16.6. The molecule has 1 heterocycles. The summed E-state index contributed by atoms with van der Waals surface area (Å²) in [6.07, 6.45) is 3.10. The van der Waals surface area contributed by atoms with Crippen molar-refractivity contribution in [2.45, 2.75) is 0 Å². The van der Waals surface area contributed by atoms with E-state index in [1.165, 1.54) is 6.08 Å². The fourth-order valence-electron chi connectivity index (χ4n) is 2.99. The lowest BCUT2D eigenvalue weighted by atomic mass is 10.1. The zero-order valence-corrected chi connectivity index (χ0v) is 17.3. The number of halogens is 1. The van der Waals surface area contributed by atoms with Crippen molar-refractivity contribution in [2.24, 2.45) is 0 Å². The number of amides is 1. The number of nitrogens with zero attached hydrogens (tertiary/aromatic N) is 1. The highest BCUT2D eigenvalue weighted by Crippen LogP contribution is 2.21. The van der Waals surface area contributed by atoms with E-state index in [0.717, 1.165) is 11.3 Å². The van der Waals surface area contributed by atoms with E-state index >= 15 is 0 Å². The minimum Gasteiger partial charge on any atom is -0.497 e. The molecule has 1 amide bonds. The van der Waals surface area contributed by atoms with Gasteiger partial charge in [0, 0.05) is 11.3 Å². The SMILES string of the molecule is COc1ccc(NC(=O)c2ccc(C=CC(=O)c3nc4c(Cl)cccc4[nH]3)cc2)cc1. The Hall–Kier alpha value is -3.90. The Labute approximate surface area is 183 Å². The van der Waals surface area contributed by atoms with Crippen molar-refractivity contribution in [3.8, 4) is 5.75 Å². The van der Waals surface area contributed by atoms with E-state index in [2.05, 4.69) is 15.3 Å². The van der Waals surface area contributed by atoms with Gasteiger partial charge in [0.25, 0.3) is 5.91 Å². The highest BCUT2D eigenvalue weighted by molar-refractivity contribution is 6.35. The number of hydrogen-bond donors (Lipinski definition) is 2. The lowest BCUT2D eigenvalue weighted by molar-refractivity contribution is 0.102. The number of H-pyrrole nitrogens is 1. The van der Waals surface area contributed by atoms with E-state index in [1.54, 1.807) is 73.8 Å². The van der Waals surface area contributed by atoms with Crippen LogP contribution >= 0.6 is 11.6 Å². The van der Waals surface area contributed by atoms with Gasteiger partial charge >= 0.3 is 0 Å². The van der Waals surface area contributed by atoms with E-state index in [0.29, 0.717) is 27.3 Å². The number of fused-ring (bicyclic) bond motifs is 1. The first-order valence-electron chi connectivity index (χ1n) is 9.45. The second-order valence-corrected chi connectivity index (χ2v) is 7.13. The van der Waals surface area contributed by atoms with Crippen LogP contribution in [-0.4, -0.2) is 28.8 Å². The quantitative estimate of drug-likeness (QED) is 0.317. The first-order chi connectivity index (χ1) is 15.0. The van der Waals surface area contributed by atoms with Gasteiger partial charge < -0.3 is 15.0 Å². The molecule has 7 heteroatoms. The molecular formula is C24H18ClN3O3. The zero-order chi connectivity index (χ0) is 21.8. The molecule has 0 aliphatic carbocycles. The van der Waals surface area contributed by atoms with Gasteiger partial charge in [-0.25, -0.2) is 4.98 Å². The van der Waals surface area contributed by atoms with Crippen LogP contribution in [0, 0.1) is 0 Å². The molecule has 0 radical (unpaired) electrons. The largest absolute Gasteiger partial charge is 0.497 e. The summed E-state index contributed by atoms with van der Waals surface area (Å²) in [6, 6.07) is 19.3. The van der Waals surface area contributed by atoms with Crippen molar-refractivity contribution in [2.75, 3.05) is 12.4 Å². The molecule has 154 valence electrons. The van der Waals surface area contributed by atoms with Gasteiger partial charge in [0.15, 0.2) is 5.82 Å². The molecule has 0 aliphatic rings. The van der Waals surface area contributed by atoms with Crippen LogP contribution in [0.15, 0.2) is 72.8 Å². The summed E-state index contributed by atoms with van der Waals surface area (Å²) in [5, 5.41) is 3.31. The second kappa shape index (κ2) is 8.85. The molecular weight excluding hydrogens is 414 g/mol. The van der Waals surface area contributed by atoms with Gasteiger partial charge in [0.05, 0.1) is 17.6 Å². The highest BCUT2D eigenvalue weighted by atomic mass is 35.5. The van der Waals surface area contributed by atoms with E-state index in [9.17, 15) is 9.59 Å². The molecule has 0 saturated heterocycles. The first kappa shape index (κ1) is 20.4. The summed E-state index contributed by atoms with van der Waals surface area (Å²) in [4.78, 5) is 32.1. The van der Waals surface area contributed by atoms with Crippen LogP contribution in [0.5, 0.6) is 5.75 Å². The molecule has 0 spiro atoms. The van der Waals surface area contributed by atoms with Crippen LogP contribution < -0.4 is 10.1 Å². The molecule has 1 aromatic heterocycles. The van der Waals surface area contributed by atoms with Gasteiger partial charge in [-0.1, -0.05) is 35.9 Å². The topological polar surface area (TPSA) is 84.1 Å². The maximum atomic E-state index is 12.4. The summed E-state index contributed by atoms with van der Waals surface area (Å²) in [5.41, 5.74) is 3.23. The van der Waals surface area contributed by atoms with Crippen LogP contribution in [-0.2, 0) is 0 Å². The lowest BCUT2D eigenvalue weighted by Crippen LogP contribution is -2.11. The monoisotopic (exact) mass is 431 g/mol. The number of carbonyl (C=O) groups is 2. The number of ether oxygens (including phenoxy) is 1. The van der Waals surface area contributed by atoms with E-state index in [1.807, 2.05) is 6.07 Å². The molecule has 3 aromatic carbocycles. The Morgan fingerprint density at radius 2 is 1.77 bits per heavy atom. The van der Waals surface area contributed by atoms with Crippen molar-refractivity contribution in [3.63, 3.8) is 0 Å².